The average molecular weight is 442 g/mol. The van der Waals surface area contributed by atoms with Crippen molar-refractivity contribution in [1.29, 1.82) is 5.26 Å². The summed E-state index contributed by atoms with van der Waals surface area (Å²) in [7, 11) is 2.00. The fourth-order valence-corrected chi connectivity index (χ4v) is 5.53. The van der Waals surface area contributed by atoms with E-state index in [9.17, 15) is 10.4 Å². The van der Waals surface area contributed by atoms with Gasteiger partial charge < -0.3 is 5.11 Å². The summed E-state index contributed by atoms with van der Waals surface area (Å²) in [6, 6.07) is 10.5. The van der Waals surface area contributed by atoms with E-state index in [4.69, 9.17) is 10.1 Å². The molecule has 3 aromatic rings. The van der Waals surface area contributed by atoms with Crippen LogP contribution in [-0.2, 0) is 25.3 Å². The van der Waals surface area contributed by atoms with Crippen molar-refractivity contribution in [3.05, 3.63) is 64.4 Å². The van der Waals surface area contributed by atoms with E-state index in [1.54, 1.807) is 6.20 Å². The maximum atomic E-state index is 10.0. The molecular formula is C27H31N5O. The molecule has 0 bridgehead atoms. The standard InChI is InChI=1S/C27H31N5O/c1-27(17-33)10-8-22-20(16-28)12-19(13-23(22)27)24-9-11-29-26(30-24)15-21-14-25(31-32(21)2)18-6-4-3-5-7-18/h9,11-14,18,33H,3-8,10,15,17H2,1-2H3. The normalized spacial score (nSPS) is 20.5. The quantitative estimate of drug-likeness (QED) is 0.626. The van der Waals surface area contributed by atoms with E-state index in [2.05, 4.69) is 30.1 Å². The number of fused-ring (bicyclic) bond motifs is 1. The third-order valence-corrected chi connectivity index (χ3v) is 7.66. The van der Waals surface area contributed by atoms with Gasteiger partial charge in [-0.3, -0.25) is 4.68 Å². The third-order valence-electron chi connectivity index (χ3n) is 7.66. The highest BCUT2D eigenvalue weighted by Gasteiger charge is 2.35. The van der Waals surface area contributed by atoms with Crippen LogP contribution in [0.1, 0.15) is 85.3 Å². The van der Waals surface area contributed by atoms with Crippen molar-refractivity contribution in [3.8, 4) is 17.3 Å². The van der Waals surface area contributed by atoms with Crippen molar-refractivity contribution in [3.63, 3.8) is 0 Å². The minimum Gasteiger partial charge on any atom is -0.395 e. The molecule has 2 aliphatic rings. The zero-order valence-electron chi connectivity index (χ0n) is 19.5. The Kier molecular flexibility index (Phi) is 5.76. The molecule has 1 N–H and O–H groups in total. The van der Waals surface area contributed by atoms with Crippen molar-refractivity contribution < 1.29 is 5.11 Å². The van der Waals surface area contributed by atoms with Crippen LogP contribution in [0.3, 0.4) is 0 Å². The first-order chi connectivity index (χ1) is 16.0. The second-order valence-corrected chi connectivity index (χ2v) is 9.93. The monoisotopic (exact) mass is 441 g/mol. The van der Waals surface area contributed by atoms with E-state index in [-0.39, 0.29) is 12.0 Å². The summed E-state index contributed by atoms with van der Waals surface area (Å²) in [5.41, 5.74) is 6.54. The van der Waals surface area contributed by atoms with Crippen LogP contribution < -0.4 is 0 Å². The summed E-state index contributed by atoms with van der Waals surface area (Å²) < 4.78 is 1.97. The molecule has 170 valence electrons. The van der Waals surface area contributed by atoms with Gasteiger partial charge in [0.15, 0.2) is 0 Å². The van der Waals surface area contributed by atoms with Gasteiger partial charge in [-0.05, 0) is 61.1 Å². The molecule has 0 aliphatic heterocycles. The van der Waals surface area contributed by atoms with E-state index in [1.807, 2.05) is 23.9 Å². The molecule has 2 heterocycles. The van der Waals surface area contributed by atoms with Crippen LogP contribution >= 0.6 is 0 Å². The number of nitrogens with zero attached hydrogens (tertiary/aromatic N) is 5. The molecular weight excluding hydrogens is 410 g/mol. The molecule has 0 radical (unpaired) electrons. The van der Waals surface area contributed by atoms with Crippen molar-refractivity contribution in [2.45, 2.75) is 69.6 Å². The van der Waals surface area contributed by atoms with Gasteiger partial charge in [-0.15, -0.1) is 0 Å². The molecule has 0 spiro atoms. The topological polar surface area (TPSA) is 87.6 Å². The molecule has 1 unspecified atom stereocenters. The van der Waals surface area contributed by atoms with E-state index in [0.717, 1.165) is 46.7 Å². The van der Waals surface area contributed by atoms with Gasteiger partial charge in [-0.25, -0.2) is 9.97 Å². The number of aliphatic hydroxyl groups excluding tert-OH is 1. The van der Waals surface area contributed by atoms with Crippen molar-refractivity contribution in [2.75, 3.05) is 6.61 Å². The zero-order valence-corrected chi connectivity index (χ0v) is 19.5. The highest BCUT2D eigenvalue weighted by Crippen LogP contribution is 2.42. The molecule has 6 heteroatoms. The second-order valence-electron chi connectivity index (χ2n) is 9.93. The summed E-state index contributed by atoms with van der Waals surface area (Å²) >= 11 is 0. The minimum atomic E-state index is -0.308. The summed E-state index contributed by atoms with van der Waals surface area (Å²) in [5, 5.41) is 24.6. The van der Waals surface area contributed by atoms with Gasteiger partial charge in [0, 0.05) is 42.3 Å². The molecule has 2 aromatic heterocycles. The molecule has 0 saturated heterocycles. The van der Waals surface area contributed by atoms with Crippen LogP contribution in [0, 0.1) is 11.3 Å². The van der Waals surface area contributed by atoms with Gasteiger partial charge in [0.1, 0.15) is 5.82 Å². The Balaban J connectivity index is 1.45. The predicted molar refractivity (Wildman–Crippen MR) is 127 cm³/mol. The lowest BCUT2D eigenvalue weighted by Gasteiger charge is -2.23. The first kappa shape index (κ1) is 21.8. The maximum Gasteiger partial charge on any atom is 0.134 e. The number of aryl methyl sites for hydroxylation is 1. The number of benzene rings is 1. The van der Waals surface area contributed by atoms with E-state index in [0.29, 0.717) is 17.9 Å². The summed E-state index contributed by atoms with van der Waals surface area (Å²) in [5.74, 6) is 1.32. The SMILES string of the molecule is Cn1nc(C2CCCCC2)cc1Cc1nccc(-c2cc(C#N)c3c(c2)C(C)(CO)CC3)n1. The smallest absolute Gasteiger partial charge is 0.134 e. The first-order valence-electron chi connectivity index (χ1n) is 12.0. The Morgan fingerprint density at radius 3 is 2.79 bits per heavy atom. The lowest BCUT2D eigenvalue weighted by Crippen LogP contribution is -2.23. The average Bonchev–Trinajstić information content (AvgIpc) is 3.39. The van der Waals surface area contributed by atoms with Gasteiger partial charge in [0.25, 0.3) is 0 Å². The van der Waals surface area contributed by atoms with Crippen LogP contribution in [0.4, 0.5) is 0 Å². The predicted octanol–water partition coefficient (Wildman–Crippen LogP) is 4.58. The molecule has 1 aromatic carbocycles. The number of aliphatic hydroxyl groups is 1. The number of nitriles is 1. The van der Waals surface area contributed by atoms with Crippen LogP contribution in [0.15, 0.2) is 30.5 Å². The minimum absolute atomic E-state index is 0.0766. The summed E-state index contributed by atoms with van der Waals surface area (Å²) in [6.07, 6.45) is 10.5. The van der Waals surface area contributed by atoms with E-state index >= 15 is 0 Å². The van der Waals surface area contributed by atoms with Crippen LogP contribution in [0.2, 0.25) is 0 Å². The van der Waals surface area contributed by atoms with Crippen LogP contribution in [0.5, 0.6) is 0 Å². The van der Waals surface area contributed by atoms with Crippen molar-refractivity contribution >= 4 is 0 Å². The van der Waals surface area contributed by atoms with Crippen LogP contribution in [-0.4, -0.2) is 31.5 Å². The van der Waals surface area contributed by atoms with E-state index < -0.39 is 0 Å². The summed E-state index contributed by atoms with van der Waals surface area (Å²) in [4.78, 5) is 9.38. The summed E-state index contributed by atoms with van der Waals surface area (Å²) in [6.45, 7) is 2.15. The highest BCUT2D eigenvalue weighted by molar-refractivity contribution is 5.66. The largest absolute Gasteiger partial charge is 0.395 e. The number of hydrogen-bond donors (Lipinski definition) is 1. The first-order valence-corrected chi connectivity index (χ1v) is 12.0. The van der Waals surface area contributed by atoms with Crippen molar-refractivity contribution in [1.82, 2.24) is 19.7 Å². The lowest BCUT2D eigenvalue weighted by atomic mass is 9.83. The molecule has 5 rings (SSSR count). The Bertz CT molecular complexity index is 1220. The Morgan fingerprint density at radius 2 is 2.03 bits per heavy atom. The number of rotatable bonds is 5. The Morgan fingerprint density at radius 1 is 1.21 bits per heavy atom. The van der Waals surface area contributed by atoms with E-state index in [1.165, 1.54) is 37.8 Å². The lowest BCUT2D eigenvalue weighted by molar-refractivity contribution is 0.206. The van der Waals surface area contributed by atoms with Gasteiger partial charge in [0.05, 0.1) is 29.6 Å². The van der Waals surface area contributed by atoms with Crippen molar-refractivity contribution in [2.24, 2.45) is 7.05 Å². The molecule has 2 aliphatic carbocycles. The molecule has 33 heavy (non-hydrogen) atoms. The zero-order chi connectivity index (χ0) is 23.0. The van der Waals surface area contributed by atoms with Gasteiger partial charge in [-0.2, -0.15) is 10.4 Å². The third kappa shape index (κ3) is 4.06. The molecule has 1 fully saturated rings. The van der Waals surface area contributed by atoms with Gasteiger partial charge in [-0.1, -0.05) is 26.2 Å². The molecule has 0 amide bonds. The van der Waals surface area contributed by atoms with Gasteiger partial charge in [0.2, 0.25) is 0 Å². The molecule has 6 nitrogen and oxygen atoms in total. The van der Waals surface area contributed by atoms with Crippen LogP contribution in [0.25, 0.3) is 11.3 Å². The number of aromatic nitrogens is 4. The number of hydrogen-bond acceptors (Lipinski definition) is 5. The van der Waals surface area contributed by atoms with Gasteiger partial charge >= 0.3 is 0 Å². The molecule has 1 atom stereocenters. The highest BCUT2D eigenvalue weighted by atomic mass is 16.3. The Hall–Kier alpha value is -3.04. The maximum absolute atomic E-state index is 10.0. The molecule has 1 saturated carbocycles. The second kappa shape index (κ2) is 8.72. The Labute approximate surface area is 195 Å². The fourth-order valence-electron chi connectivity index (χ4n) is 5.53. The fraction of sp³-hybridized carbons (Fsp3) is 0.481.